The highest BCUT2D eigenvalue weighted by atomic mass is 16.5. The fourth-order valence-corrected chi connectivity index (χ4v) is 2.04. The van der Waals surface area contributed by atoms with Crippen molar-refractivity contribution in [3.05, 3.63) is 48.0 Å². The minimum absolute atomic E-state index is 0.0558. The predicted octanol–water partition coefficient (Wildman–Crippen LogP) is 3.00. The first kappa shape index (κ1) is 15.1. The molecule has 1 N–H and O–H groups in total. The Hall–Kier alpha value is -2.33. The summed E-state index contributed by atoms with van der Waals surface area (Å²) in [6, 6.07) is 9.32. The normalized spacial score (nSPS) is 10.4. The largest absolute Gasteiger partial charge is 0.491 e. The van der Waals surface area contributed by atoms with Crippen molar-refractivity contribution < 1.29 is 19.4 Å². The van der Waals surface area contributed by atoms with E-state index in [0.29, 0.717) is 17.1 Å². The SMILES string of the molecule is C=C(C)C(=O)Oc1c(C)cc(OCCO)c2ccccc12. The summed E-state index contributed by atoms with van der Waals surface area (Å²) in [7, 11) is 0. The Morgan fingerprint density at radius 3 is 2.57 bits per heavy atom. The molecule has 4 nitrogen and oxygen atoms in total. The Labute approximate surface area is 123 Å². The highest BCUT2D eigenvalue weighted by Gasteiger charge is 2.15. The van der Waals surface area contributed by atoms with Gasteiger partial charge in [0.15, 0.2) is 0 Å². The number of fused-ring (bicyclic) bond motifs is 1. The predicted molar refractivity (Wildman–Crippen MR) is 81.7 cm³/mol. The number of aryl methyl sites for hydroxylation is 1. The number of hydrogen-bond donors (Lipinski definition) is 1. The molecular formula is C17H18O4. The van der Waals surface area contributed by atoms with Gasteiger partial charge in [-0.2, -0.15) is 0 Å². The number of carbonyl (C=O) groups excluding carboxylic acids is 1. The van der Waals surface area contributed by atoms with E-state index in [1.54, 1.807) is 13.0 Å². The van der Waals surface area contributed by atoms with E-state index >= 15 is 0 Å². The molecule has 2 rings (SSSR count). The Kier molecular flexibility index (Phi) is 4.60. The highest BCUT2D eigenvalue weighted by molar-refractivity contribution is 5.98. The van der Waals surface area contributed by atoms with Gasteiger partial charge in [0, 0.05) is 16.3 Å². The van der Waals surface area contributed by atoms with Crippen LogP contribution in [0.5, 0.6) is 11.5 Å². The molecular weight excluding hydrogens is 268 g/mol. The summed E-state index contributed by atoms with van der Waals surface area (Å²) >= 11 is 0. The van der Waals surface area contributed by atoms with Gasteiger partial charge in [-0.05, 0) is 25.5 Å². The van der Waals surface area contributed by atoms with Crippen LogP contribution in [0.3, 0.4) is 0 Å². The molecule has 0 unspecified atom stereocenters. The van der Waals surface area contributed by atoms with E-state index in [4.69, 9.17) is 14.6 Å². The van der Waals surface area contributed by atoms with Crippen molar-refractivity contribution in [3.63, 3.8) is 0 Å². The van der Waals surface area contributed by atoms with Crippen LogP contribution in [0.15, 0.2) is 42.5 Å². The summed E-state index contributed by atoms with van der Waals surface area (Å²) in [6.07, 6.45) is 0. The summed E-state index contributed by atoms with van der Waals surface area (Å²) in [6.45, 7) is 7.21. The zero-order chi connectivity index (χ0) is 15.4. The molecule has 0 bridgehead atoms. The molecule has 2 aromatic rings. The number of ether oxygens (including phenoxy) is 2. The summed E-state index contributed by atoms with van der Waals surface area (Å²) < 4.78 is 11.0. The molecule has 0 fully saturated rings. The average molecular weight is 286 g/mol. The maximum absolute atomic E-state index is 11.8. The molecule has 0 aliphatic rings. The van der Waals surface area contributed by atoms with Crippen LogP contribution in [-0.4, -0.2) is 24.3 Å². The minimum Gasteiger partial charge on any atom is -0.491 e. The third-order valence-electron chi connectivity index (χ3n) is 3.03. The molecule has 0 amide bonds. The van der Waals surface area contributed by atoms with Crippen molar-refractivity contribution in [1.82, 2.24) is 0 Å². The maximum atomic E-state index is 11.8. The number of benzene rings is 2. The summed E-state index contributed by atoms with van der Waals surface area (Å²) in [5.41, 5.74) is 1.13. The van der Waals surface area contributed by atoms with Gasteiger partial charge in [0.1, 0.15) is 18.1 Å². The second-order valence-electron chi connectivity index (χ2n) is 4.81. The molecule has 110 valence electrons. The van der Waals surface area contributed by atoms with Gasteiger partial charge in [0.2, 0.25) is 0 Å². The summed E-state index contributed by atoms with van der Waals surface area (Å²) in [4.78, 5) is 11.8. The number of aliphatic hydroxyl groups excluding tert-OH is 1. The fraction of sp³-hybridized carbons (Fsp3) is 0.235. The zero-order valence-corrected chi connectivity index (χ0v) is 12.2. The van der Waals surface area contributed by atoms with Gasteiger partial charge in [-0.25, -0.2) is 4.79 Å². The number of hydrogen-bond acceptors (Lipinski definition) is 4. The standard InChI is InChI=1S/C17H18O4/c1-11(2)17(19)21-16-12(3)10-15(20-9-8-18)13-6-4-5-7-14(13)16/h4-7,10,18H,1,8-9H2,2-3H3. The quantitative estimate of drug-likeness (QED) is 0.521. The second kappa shape index (κ2) is 6.41. The van der Waals surface area contributed by atoms with Crippen LogP contribution < -0.4 is 9.47 Å². The molecule has 0 aliphatic heterocycles. The van der Waals surface area contributed by atoms with E-state index in [1.165, 1.54) is 0 Å². The Balaban J connectivity index is 2.54. The Bertz CT molecular complexity index is 688. The number of esters is 1. The van der Waals surface area contributed by atoms with Crippen LogP contribution in [0.1, 0.15) is 12.5 Å². The van der Waals surface area contributed by atoms with Crippen LogP contribution >= 0.6 is 0 Å². The van der Waals surface area contributed by atoms with E-state index in [0.717, 1.165) is 16.3 Å². The lowest BCUT2D eigenvalue weighted by atomic mass is 10.0. The summed E-state index contributed by atoms with van der Waals surface area (Å²) in [5, 5.41) is 10.5. The lowest BCUT2D eigenvalue weighted by Gasteiger charge is -2.15. The van der Waals surface area contributed by atoms with Crippen molar-refractivity contribution in [1.29, 1.82) is 0 Å². The van der Waals surface area contributed by atoms with E-state index < -0.39 is 5.97 Å². The lowest BCUT2D eigenvalue weighted by molar-refractivity contribution is -0.130. The first-order chi connectivity index (χ1) is 10.0. The van der Waals surface area contributed by atoms with E-state index in [1.807, 2.05) is 31.2 Å². The van der Waals surface area contributed by atoms with Crippen LogP contribution in [-0.2, 0) is 4.79 Å². The average Bonchev–Trinajstić information content (AvgIpc) is 2.48. The molecule has 0 atom stereocenters. The molecule has 0 spiro atoms. The van der Waals surface area contributed by atoms with Gasteiger partial charge in [-0.15, -0.1) is 0 Å². The Morgan fingerprint density at radius 1 is 1.29 bits per heavy atom. The minimum atomic E-state index is -0.452. The third-order valence-corrected chi connectivity index (χ3v) is 3.03. The topological polar surface area (TPSA) is 55.8 Å². The zero-order valence-electron chi connectivity index (χ0n) is 12.2. The fourth-order valence-electron chi connectivity index (χ4n) is 2.04. The van der Waals surface area contributed by atoms with Crippen LogP contribution in [0.4, 0.5) is 0 Å². The van der Waals surface area contributed by atoms with Crippen molar-refractivity contribution in [3.8, 4) is 11.5 Å². The lowest BCUT2D eigenvalue weighted by Crippen LogP contribution is -2.10. The van der Waals surface area contributed by atoms with Crippen molar-refractivity contribution in [2.24, 2.45) is 0 Å². The Morgan fingerprint density at radius 2 is 1.95 bits per heavy atom. The molecule has 0 heterocycles. The van der Waals surface area contributed by atoms with Gasteiger partial charge in [-0.3, -0.25) is 0 Å². The van der Waals surface area contributed by atoms with Crippen LogP contribution in [0.25, 0.3) is 10.8 Å². The molecule has 4 heteroatoms. The first-order valence-electron chi connectivity index (χ1n) is 6.68. The van der Waals surface area contributed by atoms with Crippen molar-refractivity contribution in [2.75, 3.05) is 13.2 Å². The van der Waals surface area contributed by atoms with Gasteiger partial charge >= 0.3 is 5.97 Å². The maximum Gasteiger partial charge on any atom is 0.338 e. The smallest absolute Gasteiger partial charge is 0.338 e. The third kappa shape index (κ3) is 3.23. The monoisotopic (exact) mass is 286 g/mol. The van der Waals surface area contributed by atoms with Gasteiger partial charge < -0.3 is 14.6 Å². The van der Waals surface area contributed by atoms with E-state index in [2.05, 4.69) is 6.58 Å². The van der Waals surface area contributed by atoms with Crippen molar-refractivity contribution in [2.45, 2.75) is 13.8 Å². The molecule has 0 aliphatic carbocycles. The molecule has 0 radical (unpaired) electrons. The molecule has 2 aromatic carbocycles. The molecule has 0 aromatic heterocycles. The highest BCUT2D eigenvalue weighted by Crippen LogP contribution is 2.36. The number of carbonyl (C=O) groups is 1. The van der Waals surface area contributed by atoms with Gasteiger partial charge in [0.05, 0.1) is 6.61 Å². The van der Waals surface area contributed by atoms with Gasteiger partial charge in [-0.1, -0.05) is 30.8 Å². The molecule has 0 saturated carbocycles. The first-order valence-corrected chi connectivity index (χ1v) is 6.68. The van der Waals surface area contributed by atoms with Gasteiger partial charge in [0.25, 0.3) is 0 Å². The molecule has 0 saturated heterocycles. The number of rotatable bonds is 5. The van der Waals surface area contributed by atoms with Crippen molar-refractivity contribution >= 4 is 16.7 Å². The number of aliphatic hydroxyl groups is 1. The van der Waals surface area contributed by atoms with E-state index in [9.17, 15) is 4.79 Å². The second-order valence-corrected chi connectivity index (χ2v) is 4.81. The van der Waals surface area contributed by atoms with Crippen LogP contribution in [0, 0.1) is 6.92 Å². The molecule has 21 heavy (non-hydrogen) atoms. The summed E-state index contributed by atoms with van der Waals surface area (Å²) in [5.74, 6) is 0.717. The van der Waals surface area contributed by atoms with E-state index in [-0.39, 0.29) is 13.2 Å². The van der Waals surface area contributed by atoms with Crippen LogP contribution in [0.2, 0.25) is 0 Å².